The van der Waals surface area contributed by atoms with Crippen molar-refractivity contribution < 1.29 is 9.50 Å². The highest BCUT2D eigenvalue weighted by Crippen LogP contribution is 2.40. The summed E-state index contributed by atoms with van der Waals surface area (Å²) >= 11 is 1.45. The first-order valence-electron chi connectivity index (χ1n) is 8.18. The van der Waals surface area contributed by atoms with Gasteiger partial charge in [0.1, 0.15) is 11.6 Å². The van der Waals surface area contributed by atoms with Gasteiger partial charge in [-0.05, 0) is 50.6 Å². The number of likely N-dealkylation sites (tertiary alicyclic amines) is 1. The van der Waals surface area contributed by atoms with Crippen LogP contribution in [0.4, 0.5) is 4.39 Å². The van der Waals surface area contributed by atoms with Crippen LogP contribution in [-0.2, 0) is 0 Å². The number of nitrogens with zero attached hydrogens (tertiary/aromatic N) is 4. The molecule has 2 aromatic heterocycles. The number of hydrogen-bond acceptors (Lipinski definition) is 5. The summed E-state index contributed by atoms with van der Waals surface area (Å²) in [5, 5.41) is 14.9. The maximum atomic E-state index is 13.4. The number of hydrogen-bond donors (Lipinski definition) is 1. The van der Waals surface area contributed by atoms with Gasteiger partial charge in [0.05, 0.1) is 10.9 Å². The van der Waals surface area contributed by atoms with Crippen molar-refractivity contribution in [3.8, 4) is 5.88 Å². The minimum Gasteiger partial charge on any atom is -0.492 e. The number of aromatic hydroxyl groups is 1. The first-order valence-corrected chi connectivity index (χ1v) is 8.99. The quantitative estimate of drug-likeness (QED) is 0.788. The smallest absolute Gasteiger partial charge is 0.230 e. The fourth-order valence-corrected chi connectivity index (χ4v) is 4.54. The summed E-state index contributed by atoms with van der Waals surface area (Å²) in [5.41, 5.74) is 0.981. The van der Waals surface area contributed by atoms with E-state index in [9.17, 15) is 9.50 Å². The summed E-state index contributed by atoms with van der Waals surface area (Å²) < 4.78 is 14.8. The van der Waals surface area contributed by atoms with E-state index in [1.54, 1.807) is 19.1 Å². The van der Waals surface area contributed by atoms with E-state index < -0.39 is 0 Å². The number of piperidine rings is 1. The van der Waals surface area contributed by atoms with Crippen molar-refractivity contribution in [2.24, 2.45) is 0 Å². The van der Waals surface area contributed by atoms with Crippen molar-refractivity contribution in [1.82, 2.24) is 19.5 Å². The Morgan fingerprint density at radius 2 is 1.88 bits per heavy atom. The van der Waals surface area contributed by atoms with Gasteiger partial charge < -0.3 is 5.11 Å². The van der Waals surface area contributed by atoms with E-state index in [0.717, 1.165) is 36.4 Å². The number of benzene rings is 1. The van der Waals surface area contributed by atoms with Crippen LogP contribution in [0, 0.1) is 12.7 Å². The standard InChI is InChI=1S/C17H19FN4OS/c1-11-19-17-22(20-11)16(23)15(24-17)14(21-9-3-2-4-10-21)12-5-7-13(18)8-6-12/h5-8,14,23H,2-4,9-10H2,1H3/t14-/m0/s1. The molecule has 1 saturated heterocycles. The zero-order valence-corrected chi connectivity index (χ0v) is 14.3. The molecule has 1 aliphatic heterocycles. The van der Waals surface area contributed by atoms with E-state index in [4.69, 9.17) is 0 Å². The Balaban J connectivity index is 1.82. The zero-order valence-electron chi connectivity index (χ0n) is 13.4. The predicted molar refractivity (Wildman–Crippen MR) is 90.9 cm³/mol. The molecule has 3 heterocycles. The van der Waals surface area contributed by atoms with E-state index >= 15 is 0 Å². The van der Waals surface area contributed by atoms with Crippen LogP contribution in [0.2, 0.25) is 0 Å². The van der Waals surface area contributed by atoms with Crippen molar-refractivity contribution in [2.45, 2.75) is 32.2 Å². The molecule has 1 atom stereocenters. The average Bonchev–Trinajstić information content (AvgIpc) is 3.09. The van der Waals surface area contributed by atoms with Crippen LogP contribution in [0.1, 0.15) is 41.6 Å². The molecule has 3 aromatic rings. The molecule has 24 heavy (non-hydrogen) atoms. The molecule has 1 N–H and O–H groups in total. The highest BCUT2D eigenvalue weighted by Gasteiger charge is 2.30. The number of fused-ring (bicyclic) bond motifs is 1. The fraction of sp³-hybridized carbons (Fsp3) is 0.412. The van der Waals surface area contributed by atoms with Crippen LogP contribution in [0.3, 0.4) is 0 Å². The van der Waals surface area contributed by atoms with Gasteiger partial charge >= 0.3 is 0 Å². The van der Waals surface area contributed by atoms with Crippen LogP contribution >= 0.6 is 11.3 Å². The molecule has 0 bridgehead atoms. The van der Waals surface area contributed by atoms with E-state index in [-0.39, 0.29) is 17.7 Å². The van der Waals surface area contributed by atoms with Gasteiger partial charge in [-0.1, -0.05) is 29.9 Å². The molecule has 0 unspecified atom stereocenters. The molecule has 5 nitrogen and oxygen atoms in total. The monoisotopic (exact) mass is 346 g/mol. The number of thiazole rings is 1. The first-order chi connectivity index (χ1) is 11.6. The topological polar surface area (TPSA) is 53.7 Å². The third-order valence-corrected chi connectivity index (χ3v) is 5.57. The molecule has 1 aromatic carbocycles. The summed E-state index contributed by atoms with van der Waals surface area (Å²) in [6.45, 7) is 3.74. The second-order valence-electron chi connectivity index (χ2n) is 6.19. The number of halogens is 1. The molecule has 0 aliphatic carbocycles. The lowest BCUT2D eigenvalue weighted by Crippen LogP contribution is -2.34. The number of aryl methyl sites for hydroxylation is 1. The predicted octanol–water partition coefficient (Wildman–Crippen LogP) is 3.52. The van der Waals surface area contributed by atoms with Crippen LogP contribution in [0.25, 0.3) is 4.96 Å². The number of aromatic nitrogens is 3. The lowest BCUT2D eigenvalue weighted by atomic mass is 10.0. The SMILES string of the molecule is Cc1nc2sc([C@H](c3ccc(F)cc3)N3CCCCC3)c(O)n2n1. The molecule has 0 spiro atoms. The Kier molecular flexibility index (Phi) is 3.97. The third-order valence-electron chi connectivity index (χ3n) is 4.50. The maximum Gasteiger partial charge on any atom is 0.230 e. The van der Waals surface area contributed by atoms with E-state index in [1.165, 1.54) is 34.4 Å². The molecule has 0 amide bonds. The molecule has 0 radical (unpaired) electrons. The van der Waals surface area contributed by atoms with Gasteiger partial charge in [-0.25, -0.2) is 9.37 Å². The first kappa shape index (κ1) is 15.5. The number of rotatable bonds is 3. The average molecular weight is 346 g/mol. The van der Waals surface area contributed by atoms with Crippen molar-refractivity contribution in [3.05, 3.63) is 46.3 Å². The summed E-state index contributed by atoms with van der Waals surface area (Å²) in [6, 6.07) is 6.46. The summed E-state index contributed by atoms with van der Waals surface area (Å²) in [5.74, 6) is 0.522. The summed E-state index contributed by atoms with van der Waals surface area (Å²) in [7, 11) is 0. The molecule has 7 heteroatoms. The molecule has 4 rings (SSSR count). The van der Waals surface area contributed by atoms with Crippen LogP contribution in [0.5, 0.6) is 5.88 Å². The molecule has 0 saturated carbocycles. The minimum absolute atomic E-state index is 0.0975. The normalized spacial score (nSPS) is 17.4. The summed E-state index contributed by atoms with van der Waals surface area (Å²) in [6.07, 6.45) is 3.50. The minimum atomic E-state index is -0.251. The zero-order chi connectivity index (χ0) is 16.7. The van der Waals surface area contributed by atoms with E-state index in [0.29, 0.717) is 10.8 Å². The van der Waals surface area contributed by atoms with E-state index in [1.807, 2.05) is 0 Å². The van der Waals surface area contributed by atoms with Crippen molar-refractivity contribution in [2.75, 3.05) is 13.1 Å². The Labute approximate surface area is 143 Å². The maximum absolute atomic E-state index is 13.4. The van der Waals surface area contributed by atoms with E-state index in [2.05, 4.69) is 15.0 Å². The third kappa shape index (κ3) is 2.67. The van der Waals surface area contributed by atoms with Gasteiger partial charge in [0.2, 0.25) is 10.8 Å². The van der Waals surface area contributed by atoms with Gasteiger partial charge in [-0.3, -0.25) is 4.90 Å². The van der Waals surface area contributed by atoms with Crippen molar-refractivity contribution >= 4 is 16.3 Å². The Morgan fingerprint density at radius 1 is 1.17 bits per heavy atom. The second-order valence-corrected chi connectivity index (χ2v) is 7.20. The highest BCUT2D eigenvalue weighted by atomic mass is 32.1. The van der Waals surface area contributed by atoms with Crippen molar-refractivity contribution in [3.63, 3.8) is 0 Å². The van der Waals surface area contributed by atoms with Crippen LogP contribution in [0.15, 0.2) is 24.3 Å². The lowest BCUT2D eigenvalue weighted by molar-refractivity contribution is 0.186. The van der Waals surface area contributed by atoms with Crippen LogP contribution in [-0.4, -0.2) is 37.7 Å². The van der Waals surface area contributed by atoms with Crippen molar-refractivity contribution in [1.29, 1.82) is 0 Å². The summed E-state index contributed by atoms with van der Waals surface area (Å²) in [4.78, 5) is 8.22. The largest absolute Gasteiger partial charge is 0.492 e. The molecular formula is C17H19FN4OS. The van der Waals surface area contributed by atoms with Gasteiger partial charge in [-0.15, -0.1) is 5.10 Å². The molecular weight excluding hydrogens is 327 g/mol. The van der Waals surface area contributed by atoms with Crippen LogP contribution < -0.4 is 0 Å². The molecule has 1 fully saturated rings. The fourth-order valence-electron chi connectivity index (χ4n) is 3.38. The molecule has 1 aliphatic rings. The highest BCUT2D eigenvalue weighted by molar-refractivity contribution is 7.17. The lowest BCUT2D eigenvalue weighted by Gasteiger charge is -2.34. The van der Waals surface area contributed by atoms with Gasteiger partial charge in [0.25, 0.3) is 0 Å². The van der Waals surface area contributed by atoms with Gasteiger partial charge in [-0.2, -0.15) is 4.52 Å². The molecule has 126 valence electrons. The second kappa shape index (κ2) is 6.14. The van der Waals surface area contributed by atoms with Gasteiger partial charge in [0, 0.05) is 0 Å². The Hall–Kier alpha value is -1.99. The van der Waals surface area contributed by atoms with Gasteiger partial charge in [0.15, 0.2) is 0 Å². The Morgan fingerprint density at radius 3 is 2.54 bits per heavy atom. The Bertz CT molecular complexity index is 851.